The van der Waals surface area contributed by atoms with Gasteiger partial charge in [-0.1, -0.05) is 6.92 Å². The number of hydrogen-bond donors (Lipinski definition) is 2. The van der Waals surface area contributed by atoms with Gasteiger partial charge >= 0.3 is 5.97 Å². The molecule has 16 heavy (non-hydrogen) atoms. The summed E-state index contributed by atoms with van der Waals surface area (Å²) in [4.78, 5) is 11.2. The molecule has 2 atom stereocenters. The molecule has 6 nitrogen and oxygen atoms in total. The van der Waals surface area contributed by atoms with Gasteiger partial charge in [-0.3, -0.25) is 4.79 Å². The van der Waals surface area contributed by atoms with Crippen LogP contribution in [0.25, 0.3) is 0 Å². The molecule has 0 fully saturated rings. The normalized spacial score (nSPS) is 15.5. The van der Waals surface area contributed by atoms with Crippen molar-refractivity contribution in [1.29, 1.82) is 0 Å². The van der Waals surface area contributed by atoms with Crippen molar-refractivity contribution in [2.45, 2.75) is 19.9 Å². The second-order valence-electron chi connectivity index (χ2n) is 3.72. The lowest BCUT2D eigenvalue weighted by atomic mass is 10.0. The lowest BCUT2D eigenvalue weighted by Crippen LogP contribution is -2.40. The quantitative estimate of drug-likeness (QED) is 0.463. The van der Waals surface area contributed by atoms with Gasteiger partial charge < -0.3 is 10.1 Å². The Morgan fingerprint density at radius 2 is 1.88 bits per heavy atom. The Balaban J connectivity index is 3.81. The van der Waals surface area contributed by atoms with Crippen molar-refractivity contribution < 1.29 is 17.9 Å². The monoisotopic (exact) mass is 252 g/mol. The van der Waals surface area contributed by atoms with Gasteiger partial charge in [0.2, 0.25) is 10.0 Å². The highest BCUT2D eigenvalue weighted by Gasteiger charge is 2.19. The molecule has 0 aromatic carbocycles. The van der Waals surface area contributed by atoms with Crippen LogP contribution in [-0.2, 0) is 19.6 Å². The van der Waals surface area contributed by atoms with Crippen LogP contribution in [0.2, 0.25) is 0 Å². The number of ether oxygens (including phenoxy) is 1. The summed E-state index contributed by atoms with van der Waals surface area (Å²) in [6.45, 7) is 4.38. The molecule has 0 saturated heterocycles. The third kappa shape index (κ3) is 6.76. The maximum absolute atomic E-state index is 11.2. The average Bonchev–Trinajstić information content (AvgIpc) is 2.20. The first-order valence-corrected chi connectivity index (χ1v) is 6.93. The molecule has 2 unspecified atom stereocenters. The van der Waals surface area contributed by atoms with Crippen LogP contribution in [0.15, 0.2) is 0 Å². The van der Waals surface area contributed by atoms with E-state index in [1.807, 2.05) is 6.92 Å². The molecule has 0 aliphatic heterocycles. The van der Waals surface area contributed by atoms with E-state index in [-0.39, 0.29) is 17.9 Å². The largest absolute Gasteiger partial charge is 0.469 e. The van der Waals surface area contributed by atoms with Crippen LogP contribution < -0.4 is 10.0 Å². The van der Waals surface area contributed by atoms with Crippen LogP contribution in [-0.4, -0.2) is 46.9 Å². The Morgan fingerprint density at radius 1 is 1.31 bits per heavy atom. The summed E-state index contributed by atoms with van der Waals surface area (Å²) >= 11 is 0. The van der Waals surface area contributed by atoms with Gasteiger partial charge in [0.15, 0.2) is 0 Å². The molecule has 0 amide bonds. The van der Waals surface area contributed by atoms with Crippen molar-refractivity contribution in [2.75, 3.05) is 26.5 Å². The summed E-state index contributed by atoms with van der Waals surface area (Å²) < 4.78 is 28.5. The van der Waals surface area contributed by atoms with E-state index in [1.165, 1.54) is 7.11 Å². The van der Waals surface area contributed by atoms with Gasteiger partial charge in [-0.2, -0.15) is 0 Å². The fourth-order valence-electron chi connectivity index (χ4n) is 1.10. The van der Waals surface area contributed by atoms with Crippen molar-refractivity contribution in [3.63, 3.8) is 0 Å². The summed E-state index contributed by atoms with van der Waals surface area (Å²) in [5.41, 5.74) is 0. The van der Waals surface area contributed by atoms with Crippen molar-refractivity contribution >= 4 is 16.0 Å². The molecular formula is C9H20N2O4S. The minimum atomic E-state index is -3.14. The van der Waals surface area contributed by atoms with Crippen LogP contribution in [0.4, 0.5) is 0 Å². The van der Waals surface area contributed by atoms with E-state index >= 15 is 0 Å². The van der Waals surface area contributed by atoms with Crippen LogP contribution in [0.5, 0.6) is 0 Å². The Labute approximate surface area is 96.8 Å². The number of carbonyl (C=O) groups excluding carboxylic acids is 1. The number of nitrogens with one attached hydrogen (secondary N) is 2. The smallest absolute Gasteiger partial charge is 0.309 e. The molecule has 0 rings (SSSR count). The van der Waals surface area contributed by atoms with E-state index in [0.29, 0.717) is 13.1 Å². The zero-order valence-electron chi connectivity index (χ0n) is 10.1. The van der Waals surface area contributed by atoms with E-state index in [2.05, 4.69) is 14.8 Å². The first kappa shape index (κ1) is 15.3. The summed E-state index contributed by atoms with van der Waals surface area (Å²) in [5, 5.41) is 3.04. The highest BCUT2D eigenvalue weighted by Crippen LogP contribution is 2.03. The maximum Gasteiger partial charge on any atom is 0.309 e. The molecule has 96 valence electrons. The van der Waals surface area contributed by atoms with Gasteiger partial charge in [-0.15, -0.1) is 0 Å². The first-order valence-electron chi connectivity index (χ1n) is 5.03. The van der Waals surface area contributed by atoms with Gasteiger partial charge in [0.1, 0.15) is 0 Å². The van der Waals surface area contributed by atoms with Gasteiger partial charge in [0.05, 0.1) is 19.3 Å². The molecule has 2 N–H and O–H groups in total. The van der Waals surface area contributed by atoms with Gasteiger partial charge in [0, 0.05) is 19.1 Å². The molecule has 0 aliphatic rings. The molecule has 0 bridgehead atoms. The number of rotatable bonds is 7. The van der Waals surface area contributed by atoms with Gasteiger partial charge in [-0.05, 0) is 6.92 Å². The van der Waals surface area contributed by atoms with Crippen LogP contribution in [0, 0.1) is 5.92 Å². The minimum Gasteiger partial charge on any atom is -0.469 e. The standard InChI is InChI=1S/C9H20N2O4S/c1-7(9(12)15-3)8(2)10-5-6-11-16(4,13)14/h7-8,10-11H,5-6H2,1-4H3. The summed E-state index contributed by atoms with van der Waals surface area (Å²) in [7, 11) is -1.80. The molecule has 7 heteroatoms. The van der Waals surface area contributed by atoms with Crippen molar-refractivity contribution in [3.8, 4) is 0 Å². The van der Waals surface area contributed by atoms with Crippen LogP contribution in [0.1, 0.15) is 13.8 Å². The number of hydrogen-bond acceptors (Lipinski definition) is 5. The SMILES string of the molecule is COC(=O)C(C)C(C)NCCNS(C)(=O)=O. The molecule has 0 aromatic heterocycles. The molecule has 0 aliphatic carbocycles. The van der Waals surface area contributed by atoms with Crippen molar-refractivity contribution in [2.24, 2.45) is 5.92 Å². The third-order valence-corrected chi connectivity index (χ3v) is 3.01. The number of carbonyl (C=O) groups is 1. The van der Waals surface area contributed by atoms with Crippen molar-refractivity contribution in [1.82, 2.24) is 10.0 Å². The molecular weight excluding hydrogens is 232 g/mol. The van der Waals surface area contributed by atoms with E-state index in [1.54, 1.807) is 6.92 Å². The Morgan fingerprint density at radius 3 is 2.31 bits per heavy atom. The fraction of sp³-hybridized carbons (Fsp3) is 0.889. The maximum atomic E-state index is 11.2. The molecule has 0 aromatic rings. The topological polar surface area (TPSA) is 84.5 Å². The van der Waals surface area contributed by atoms with Crippen molar-refractivity contribution in [3.05, 3.63) is 0 Å². The highest BCUT2D eigenvalue weighted by molar-refractivity contribution is 7.88. The minimum absolute atomic E-state index is 0.0613. The third-order valence-electron chi connectivity index (χ3n) is 2.28. The number of methoxy groups -OCH3 is 1. The Hall–Kier alpha value is -0.660. The Kier molecular flexibility index (Phi) is 6.54. The lowest BCUT2D eigenvalue weighted by molar-refractivity contribution is -0.145. The van der Waals surface area contributed by atoms with Gasteiger partial charge in [-0.25, -0.2) is 13.1 Å². The first-order chi connectivity index (χ1) is 7.28. The summed E-state index contributed by atoms with van der Waals surface area (Å²) in [5.74, 6) is -0.542. The molecule has 0 radical (unpaired) electrons. The predicted octanol–water partition coefficient (Wildman–Crippen LogP) is -0.677. The number of sulfonamides is 1. The fourth-order valence-corrected chi connectivity index (χ4v) is 1.58. The lowest BCUT2D eigenvalue weighted by Gasteiger charge is -2.19. The van der Waals surface area contributed by atoms with Gasteiger partial charge in [0.25, 0.3) is 0 Å². The van der Waals surface area contributed by atoms with E-state index < -0.39 is 10.0 Å². The molecule has 0 saturated carbocycles. The zero-order chi connectivity index (χ0) is 12.8. The predicted molar refractivity (Wildman–Crippen MR) is 61.5 cm³/mol. The highest BCUT2D eigenvalue weighted by atomic mass is 32.2. The van der Waals surface area contributed by atoms with E-state index in [4.69, 9.17) is 0 Å². The second kappa shape index (κ2) is 6.82. The second-order valence-corrected chi connectivity index (χ2v) is 5.55. The Bertz CT molecular complexity index is 315. The zero-order valence-corrected chi connectivity index (χ0v) is 10.9. The van der Waals surface area contributed by atoms with Crippen LogP contribution in [0.3, 0.4) is 0 Å². The summed E-state index contributed by atoms with van der Waals surface area (Å²) in [6.07, 6.45) is 1.10. The average molecular weight is 252 g/mol. The van der Waals surface area contributed by atoms with E-state index in [9.17, 15) is 13.2 Å². The summed E-state index contributed by atoms with van der Waals surface area (Å²) in [6, 6.07) is -0.0613. The number of esters is 1. The molecule has 0 heterocycles. The molecule has 0 spiro atoms. The van der Waals surface area contributed by atoms with E-state index in [0.717, 1.165) is 6.26 Å². The van der Waals surface area contributed by atoms with Crippen LogP contribution >= 0.6 is 0 Å².